The summed E-state index contributed by atoms with van der Waals surface area (Å²) in [4.78, 5) is 13.0. The highest BCUT2D eigenvalue weighted by molar-refractivity contribution is 5.73. The van der Waals surface area contributed by atoms with Crippen molar-refractivity contribution in [2.75, 3.05) is 0 Å². The SMILES string of the molecule is CC(C(=O)O)N1Cc2ccc(C(C)(C)C)cc2C1. The molecular formula is C15H21NO2. The number of carboxylic acids is 1. The highest BCUT2D eigenvalue weighted by Crippen LogP contribution is 2.30. The quantitative estimate of drug-likeness (QED) is 0.873. The van der Waals surface area contributed by atoms with Gasteiger partial charge < -0.3 is 5.11 Å². The molecule has 1 unspecified atom stereocenters. The predicted molar refractivity (Wildman–Crippen MR) is 71.5 cm³/mol. The number of fused-ring (bicyclic) bond motifs is 1. The van der Waals surface area contributed by atoms with Crippen LogP contribution in [0.25, 0.3) is 0 Å². The summed E-state index contributed by atoms with van der Waals surface area (Å²) in [7, 11) is 0. The number of benzene rings is 1. The zero-order valence-corrected chi connectivity index (χ0v) is 11.5. The Morgan fingerprint density at radius 2 is 1.89 bits per heavy atom. The van der Waals surface area contributed by atoms with Gasteiger partial charge in [0.1, 0.15) is 6.04 Å². The van der Waals surface area contributed by atoms with Crippen molar-refractivity contribution < 1.29 is 9.90 Å². The number of aliphatic carboxylic acids is 1. The van der Waals surface area contributed by atoms with Crippen LogP contribution in [0.4, 0.5) is 0 Å². The summed E-state index contributed by atoms with van der Waals surface area (Å²) in [5.74, 6) is -0.751. The van der Waals surface area contributed by atoms with E-state index in [1.54, 1.807) is 6.92 Å². The molecule has 2 rings (SSSR count). The number of rotatable bonds is 2. The average Bonchev–Trinajstić information content (AvgIpc) is 2.68. The molecule has 1 aliphatic rings. The Bertz CT molecular complexity index is 474. The lowest BCUT2D eigenvalue weighted by molar-refractivity contribution is -0.142. The molecule has 0 aromatic heterocycles. The topological polar surface area (TPSA) is 40.5 Å². The first-order valence-corrected chi connectivity index (χ1v) is 6.38. The molecule has 18 heavy (non-hydrogen) atoms. The molecule has 0 bridgehead atoms. The third kappa shape index (κ3) is 2.41. The lowest BCUT2D eigenvalue weighted by atomic mass is 9.85. The van der Waals surface area contributed by atoms with Gasteiger partial charge in [0, 0.05) is 13.1 Å². The zero-order chi connectivity index (χ0) is 13.5. The van der Waals surface area contributed by atoms with Crippen LogP contribution >= 0.6 is 0 Å². The van der Waals surface area contributed by atoms with Crippen LogP contribution in [0.5, 0.6) is 0 Å². The van der Waals surface area contributed by atoms with E-state index in [4.69, 9.17) is 5.11 Å². The van der Waals surface area contributed by atoms with Gasteiger partial charge in [-0.25, -0.2) is 0 Å². The number of hydrogen-bond acceptors (Lipinski definition) is 2. The highest BCUT2D eigenvalue weighted by Gasteiger charge is 2.28. The van der Waals surface area contributed by atoms with Crippen molar-refractivity contribution >= 4 is 5.97 Å². The third-order valence-corrected chi connectivity index (χ3v) is 3.72. The van der Waals surface area contributed by atoms with Crippen LogP contribution < -0.4 is 0 Å². The molecule has 0 saturated heterocycles. The molecule has 0 amide bonds. The standard InChI is InChI=1S/C15H21NO2/c1-10(14(17)18)16-8-11-5-6-13(15(2,3)4)7-12(11)9-16/h5-7,10H,8-9H2,1-4H3,(H,17,18). The van der Waals surface area contributed by atoms with Crippen molar-refractivity contribution in [1.82, 2.24) is 4.90 Å². The van der Waals surface area contributed by atoms with Gasteiger partial charge in [-0.05, 0) is 29.0 Å². The van der Waals surface area contributed by atoms with Crippen LogP contribution in [0, 0.1) is 0 Å². The molecule has 3 heteroatoms. The predicted octanol–water partition coefficient (Wildman–Crippen LogP) is 2.77. The smallest absolute Gasteiger partial charge is 0.320 e. The summed E-state index contributed by atoms with van der Waals surface area (Å²) in [5.41, 5.74) is 3.98. The Morgan fingerprint density at radius 1 is 1.28 bits per heavy atom. The molecule has 1 aliphatic heterocycles. The van der Waals surface area contributed by atoms with Gasteiger partial charge in [-0.3, -0.25) is 9.69 Å². The van der Waals surface area contributed by atoms with Gasteiger partial charge in [-0.15, -0.1) is 0 Å². The van der Waals surface area contributed by atoms with Gasteiger partial charge in [-0.2, -0.15) is 0 Å². The van der Waals surface area contributed by atoms with Gasteiger partial charge in [0.15, 0.2) is 0 Å². The summed E-state index contributed by atoms with van der Waals surface area (Å²) < 4.78 is 0. The van der Waals surface area contributed by atoms with Crippen LogP contribution in [-0.4, -0.2) is 22.0 Å². The van der Waals surface area contributed by atoms with E-state index in [0.717, 1.165) is 13.1 Å². The third-order valence-electron chi connectivity index (χ3n) is 3.72. The van der Waals surface area contributed by atoms with E-state index in [2.05, 4.69) is 39.0 Å². The first-order chi connectivity index (χ1) is 8.29. The minimum absolute atomic E-state index is 0.140. The number of nitrogens with zero attached hydrogens (tertiary/aromatic N) is 1. The monoisotopic (exact) mass is 247 g/mol. The number of hydrogen-bond donors (Lipinski definition) is 1. The van der Waals surface area contributed by atoms with Gasteiger partial charge in [0.05, 0.1) is 0 Å². The van der Waals surface area contributed by atoms with E-state index >= 15 is 0 Å². The zero-order valence-electron chi connectivity index (χ0n) is 11.5. The van der Waals surface area contributed by atoms with E-state index in [0.29, 0.717) is 0 Å². The average molecular weight is 247 g/mol. The molecular weight excluding hydrogens is 226 g/mol. The summed E-state index contributed by atoms with van der Waals surface area (Å²) in [6, 6.07) is 6.11. The van der Waals surface area contributed by atoms with E-state index < -0.39 is 12.0 Å². The summed E-state index contributed by atoms with van der Waals surface area (Å²) in [6.07, 6.45) is 0. The largest absolute Gasteiger partial charge is 0.480 e. The summed E-state index contributed by atoms with van der Waals surface area (Å²) in [5, 5.41) is 9.06. The molecule has 0 spiro atoms. The first kappa shape index (κ1) is 13.1. The van der Waals surface area contributed by atoms with Gasteiger partial charge in [0.2, 0.25) is 0 Å². The second kappa shape index (κ2) is 4.39. The lowest BCUT2D eigenvalue weighted by Gasteiger charge is -2.20. The van der Waals surface area contributed by atoms with Crippen molar-refractivity contribution in [3.05, 3.63) is 34.9 Å². The van der Waals surface area contributed by atoms with Crippen molar-refractivity contribution in [2.24, 2.45) is 0 Å². The van der Waals surface area contributed by atoms with E-state index in [1.807, 2.05) is 4.90 Å². The highest BCUT2D eigenvalue weighted by atomic mass is 16.4. The minimum atomic E-state index is -0.751. The van der Waals surface area contributed by atoms with E-state index in [9.17, 15) is 4.79 Å². The normalized spacial score (nSPS) is 17.6. The number of carbonyl (C=O) groups is 1. The summed E-state index contributed by atoms with van der Waals surface area (Å²) >= 11 is 0. The fourth-order valence-electron chi connectivity index (χ4n) is 2.32. The lowest BCUT2D eigenvalue weighted by Crippen LogP contribution is -2.34. The van der Waals surface area contributed by atoms with Crippen molar-refractivity contribution in [2.45, 2.75) is 52.2 Å². The van der Waals surface area contributed by atoms with Crippen molar-refractivity contribution in [3.8, 4) is 0 Å². The molecule has 1 heterocycles. The van der Waals surface area contributed by atoms with Crippen molar-refractivity contribution in [3.63, 3.8) is 0 Å². The van der Waals surface area contributed by atoms with Gasteiger partial charge >= 0.3 is 5.97 Å². The molecule has 1 N–H and O–H groups in total. The fourth-order valence-corrected chi connectivity index (χ4v) is 2.32. The Labute approximate surface area is 108 Å². The summed E-state index contributed by atoms with van der Waals surface area (Å²) in [6.45, 7) is 9.82. The molecule has 1 aromatic carbocycles. The maximum absolute atomic E-state index is 11.0. The molecule has 0 fully saturated rings. The molecule has 0 radical (unpaired) electrons. The van der Waals surface area contributed by atoms with E-state index in [1.165, 1.54) is 16.7 Å². The van der Waals surface area contributed by atoms with E-state index in [-0.39, 0.29) is 5.41 Å². The molecule has 1 aromatic rings. The fraction of sp³-hybridized carbons (Fsp3) is 0.533. The maximum atomic E-state index is 11.0. The van der Waals surface area contributed by atoms with Gasteiger partial charge in [-0.1, -0.05) is 39.0 Å². The second-order valence-corrected chi connectivity index (χ2v) is 6.15. The molecule has 3 nitrogen and oxygen atoms in total. The van der Waals surface area contributed by atoms with Crippen LogP contribution in [0.15, 0.2) is 18.2 Å². The second-order valence-electron chi connectivity index (χ2n) is 6.15. The maximum Gasteiger partial charge on any atom is 0.320 e. The van der Waals surface area contributed by atoms with Crippen LogP contribution in [0.2, 0.25) is 0 Å². The van der Waals surface area contributed by atoms with Crippen molar-refractivity contribution in [1.29, 1.82) is 0 Å². The minimum Gasteiger partial charge on any atom is -0.480 e. The number of carboxylic acid groups (broad SMARTS) is 1. The first-order valence-electron chi connectivity index (χ1n) is 6.38. The Morgan fingerprint density at radius 3 is 2.44 bits per heavy atom. The Balaban J connectivity index is 2.23. The molecule has 98 valence electrons. The van der Waals surface area contributed by atoms with Gasteiger partial charge in [0.25, 0.3) is 0 Å². The Hall–Kier alpha value is -1.35. The Kier molecular flexibility index (Phi) is 3.20. The molecule has 0 saturated carbocycles. The molecule has 0 aliphatic carbocycles. The molecule has 1 atom stereocenters. The van der Waals surface area contributed by atoms with Crippen LogP contribution in [0.1, 0.15) is 44.4 Å². The van der Waals surface area contributed by atoms with Crippen LogP contribution in [0.3, 0.4) is 0 Å². The van der Waals surface area contributed by atoms with Crippen LogP contribution in [-0.2, 0) is 23.3 Å².